The van der Waals surface area contributed by atoms with Gasteiger partial charge in [0.05, 0.1) is 34.4 Å². The second-order valence-electron chi connectivity index (χ2n) is 4.89. The number of aliphatic hydroxyl groups is 1. The van der Waals surface area contributed by atoms with Gasteiger partial charge in [0.2, 0.25) is 0 Å². The van der Waals surface area contributed by atoms with E-state index in [1.807, 2.05) is 13.8 Å². The third kappa shape index (κ3) is 2.82. The first-order valence-electron chi connectivity index (χ1n) is 6.47. The Bertz CT molecular complexity index is 693. The number of hydrogen-bond acceptors (Lipinski definition) is 3. The average Bonchev–Trinajstić information content (AvgIpc) is 2.42. The van der Waals surface area contributed by atoms with Crippen molar-refractivity contribution in [1.82, 2.24) is 9.55 Å². The quantitative estimate of drug-likeness (QED) is 0.942. The first-order chi connectivity index (χ1) is 9.40. The van der Waals surface area contributed by atoms with Crippen molar-refractivity contribution < 1.29 is 5.11 Å². The van der Waals surface area contributed by atoms with Gasteiger partial charge in [-0.25, -0.2) is 4.98 Å². The van der Waals surface area contributed by atoms with Gasteiger partial charge in [0.15, 0.2) is 0 Å². The molecule has 1 N–H and O–H groups in total. The fourth-order valence-corrected chi connectivity index (χ4v) is 2.64. The lowest BCUT2D eigenvalue weighted by Crippen LogP contribution is -2.37. The Morgan fingerprint density at radius 1 is 1.30 bits per heavy atom. The van der Waals surface area contributed by atoms with Crippen molar-refractivity contribution in [2.45, 2.75) is 38.8 Å². The maximum absolute atomic E-state index is 12.4. The minimum atomic E-state index is -0.915. The normalized spacial score (nSPS) is 12.1. The number of aromatic nitrogens is 2. The monoisotopic (exact) mass is 314 g/mol. The van der Waals surface area contributed by atoms with Crippen LogP contribution in [-0.2, 0) is 6.54 Å². The molecule has 0 aliphatic heterocycles. The summed E-state index contributed by atoms with van der Waals surface area (Å²) in [6.45, 7) is 3.97. The highest BCUT2D eigenvalue weighted by Crippen LogP contribution is 2.24. The van der Waals surface area contributed by atoms with E-state index in [1.165, 1.54) is 10.9 Å². The Morgan fingerprint density at radius 2 is 1.95 bits per heavy atom. The molecule has 0 unspecified atom stereocenters. The summed E-state index contributed by atoms with van der Waals surface area (Å²) >= 11 is 12.0. The van der Waals surface area contributed by atoms with E-state index in [0.29, 0.717) is 33.8 Å². The SMILES string of the molecule is CCC(O)(CC)Cn1cnc2c(Cl)cc(Cl)cc2c1=O. The smallest absolute Gasteiger partial charge is 0.261 e. The second kappa shape index (κ2) is 5.72. The summed E-state index contributed by atoms with van der Waals surface area (Å²) < 4.78 is 1.40. The molecule has 2 rings (SSSR count). The molecule has 0 aliphatic rings. The van der Waals surface area contributed by atoms with E-state index in [4.69, 9.17) is 23.2 Å². The predicted molar refractivity (Wildman–Crippen MR) is 81.6 cm³/mol. The van der Waals surface area contributed by atoms with Crippen molar-refractivity contribution in [3.63, 3.8) is 0 Å². The van der Waals surface area contributed by atoms with Crippen LogP contribution in [0, 0.1) is 0 Å². The van der Waals surface area contributed by atoms with Gasteiger partial charge in [-0.2, -0.15) is 0 Å². The third-order valence-electron chi connectivity index (χ3n) is 3.63. The van der Waals surface area contributed by atoms with E-state index in [-0.39, 0.29) is 12.1 Å². The molecule has 0 atom stereocenters. The molecule has 4 nitrogen and oxygen atoms in total. The number of hydrogen-bond donors (Lipinski definition) is 1. The molecule has 0 aliphatic carbocycles. The van der Waals surface area contributed by atoms with Crippen LogP contribution in [-0.4, -0.2) is 20.3 Å². The van der Waals surface area contributed by atoms with Crippen LogP contribution >= 0.6 is 23.2 Å². The van der Waals surface area contributed by atoms with Crippen molar-refractivity contribution in [2.75, 3.05) is 0 Å². The second-order valence-corrected chi connectivity index (χ2v) is 5.74. The largest absolute Gasteiger partial charge is 0.388 e. The summed E-state index contributed by atoms with van der Waals surface area (Å²) in [6, 6.07) is 3.10. The van der Waals surface area contributed by atoms with Crippen molar-refractivity contribution in [3.05, 3.63) is 38.9 Å². The first kappa shape index (κ1) is 15.3. The molecule has 1 heterocycles. The Balaban J connectivity index is 2.58. The highest BCUT2D eigenvalue weighted by molar-refractivity contribution is 6.38. The lowest BCUT2D eigenvalue weighted by atomic mass is 9.97. The van der Waals surface area contributed by atoms with E-state index >= 15 is 0 Å². The van der Waals surface area contributed by atoms with Crippen LogP contribution in [0.15, 0.2) is 23.3 Å². The van der Waals surface area contributed by atoms with Crippen LogP contribution in [0.3, 0.4) is 0 Å². The molecule has 1 aromatic carbocycles. The van der Waals surface area contributed by atoms with Gasteiger partial charge < -0.3 is 5.11 Å². The molecule has 20 heavy (non-hydrogen) atoms. The van der Waals surface area contributed by atoms with E-state index in [0.717, 1.165) is 0 Å². The van der Waals surface area contributed by atoms with Crippen molar-refractivity contribution in [2.24, 2.45) is 0 Å². The van der Waals surface area contributed by atoms with Gasteiger partial charge in [-0.15, -0.1) is 0 Å². The lowest BCUT2D eigenvalue weighted by Gasteiger charge is -2.25. The fourth-order valence-electron chi connectivity index (χ4n) is 2.10. The number of nitrogens with zero attached hydrogens (tertiary/aromatic N) is 2. The molecule has 0 amide bonds. The highest BCUT2D eigenvalue weighted by atomic mass is 35.5. The molecule has 0 fully saturated rings. The van der Waals surface area contributed by atoms with Crippen LogP contribution in [0.25, 0.3) is 10.9 Å². The van der Waals surface area contributed by atoms with Gasteiger partial charge in [-0.1, -0.05) is 37.0 Å². The molecule has 1 aromatic heterocycles. The van der Waals surface area contributed by atoms with Crippen LogP contribution in [0.2, 0.25) is 10.0 Å². The molecule has 108 valence electrons. The van der Waals surface area contributed by atoms with Gasteiger partial charge in [0.25, 0.3) is 5.56 Å². The summed E-state index contributed by atoms with van der Waals surface area (Å²) in [5.74, 6) is 0. The van der Waals surface area contributed by atoms with Gasteiger partial charge in [0.1, 0.15) is 0 Å². The van der Waals surface area contributed by atoms with Gasteiger partial charge in [-0.05, 0) is 25.0 Å². The third-order valence-corrected chi connectivity index (χ3v) is 4.13. The Morgan fingerprint density at radius 3 is 2.55 bits per heavy atom. The minimum absolute atomic E-state index is 0.200. The summed E-state index contributed by atoms with van der Waals surface area (Å²) in [5, 5.41) is 11.4. The van der Waals surface area contributed by atoms with Gasteiger partial charge in [-0.3, -0.25) is 9.36 Å². The molecule has 0 spiro atoms. The van der Waals surface area contributed by atoms with Crippen molar-refractivity contribution >= 4 is 34.1 Å². The molecule has 6 heteroatoms. The molecule has 2 aromatic rings. The van der Waals surface area contributed by atoms with Gasteiger partial charge >= 0.3 is 0 Å². The number of fused-ring (bicyclic) bond motifs is 1. The average molecular weight is 315 g/mol. The molecule has 0 saturated carbocycles. The van der Waals surface area contributed by atoms with E-state index in [9.17, 15) is 9.90 Å². The zero-order valence-corrected chi connectivity index (χ0v) is 12.9. The number of benzene rings is 1. The first-order valence-corrected chi connectivity index (χ1v) is 7.22. The molecule has 0 radical (unpaired) electrons. The minimum Gasteiger partial charge on any atom is -0.388 e. The summed E-state index contributed by atoms with van der Waals surface area (Å²) in [5.41, 5.74) is -0.741. The lowest BCUT2D eigenvalue weighted by molar-refractivity contribution is 0.0140. The fraction of sp³-hybridized carbons (Fsp3) is 0.429. The summed E-state index contributed by atoms with van der Waals surface area (Å²) in [7, 11) is 0. The Kier molecular flexibility index (Phi) is 4.37. The predicted octanol–water partition coefficient (Wildman–Crippen LogP) is 3.25. The molecule has 0 saturated heterocycles. The van der Waals surface area contributed by atoms with Crippen molar-refractivity contribution in [1.29, 1.82) is 0 Å². The standard InChI is InChI=1S/C14H16Cl2N2O2/c1-3-14(20,4-2)7-18-8-17-12-10(13(18)19)5-9(15)6-11(12)16/h5-6,8,20H,3-4,7H2,1-2H3. The van der Waals surface area contributed by atoms with Crippen LogP contribution in [0.4, 0.5) is 0 Å². The van der Waals surface area contributed by atoms with Crippen LogP contribution in [0.1, 0.15) is 26.7 Å². The maximum Gasteiger partial charge on any atom is 0.261 e. The zero-order chi connectivity index (χ0) is 14.9. The van der Waals surface area contributed by atoms with E-state index in [2.05, 4.69) is 4.98 Å². The number of halogens is 2. The number of rotatable bonds is 4. The van der Waals surface area contributed by atoms with Crippen LogP contribution in [0.5, 0.6) is 0 Å². The van der Waals surface area contributed by atoms with E-state index < -0.39 is 5.60 Å². The molecular formula is C14H16Cl2N2O2. The summed E-state index contributed by atoms with van der Waals surface area (Å²) in [4.78, 5) is 16.6. The Labute approximate surface area is 127 Å². The highest BCUT2D eigenvalue weighted by Gasteiger charge is 2.24. The van der Waals surface area contributed by atoms with E-state index in [1.54, 1.807) is 12.1 Å². The molecular weight excluding hydrogens is 299 g/mol. The zero-order valence-electron chi connectivity index (χ0n) is 11.4. The molecule has 0 bridgehead atoms. The summed E-state index contributed by atoms with van der Waals surface area (Å²) in [6.07, 6.45) is 2.54. The van der Waals surface area contributed by atoms with Crippen molar-refractivity contribution in [3.8, 4) is 0 Å². The Hall–Kier alpha value is -1.10. The van der Waals surface area contributed by atoms with Crippen LogP contribution < -0.4 is 5.56 Å². The topological polar surface area (TPSA) is 55.1 Å². The maximum atomic E-state index is 12.4. The van der Waals surface area contributed by atoms with Gasteiger partial charge in [0, 0.05) is 5.02 Å².